The zero-order chi connectivity index (χ0) is 15.8. The number of halogens is 1. The van der Waals surface area contributed by atoms with Crippen LogP contribution in [-0.4, -0.2) is 20.9 Å². The van der Waals surface area contributed by atoms with Crippen LogP contribution in [0.15, 0.2) is 36.8 Å². The van der Waals surface area contributed by atoms with Gasteiger partial charge in [0.25, 0.3) is 5.91 Å². The molecule has 0 radical (unpaired) electrons. The summed E-state index contributed by atoms with van der Waals surface area (Å²) in [6.07, 6.45) is 7.14. The zero-order valence-corrected chi connectivity index (χ0v) is 12.3. The predicted octanol–water partition coefficient (Wildman–Crippen LogP) is 2.90. The van der Waals surface area contributed by atoms with Crippen molar-refractivity contribution in [2.45, 2.75) is 25.3 Å². The summed E-state index contributed by atoms with van der Waals surface area (Å²) in [6.45, 7) is 0. The Balaban J connectivity index is 1.68. The minimum Gasteiger partial charge on any atom is -0.356 e. The number of H-pyrrole nitrogens is 1. The monoisotopic (exact) mass is 310 g/mol. The molecular weight excluding hydrogens is 295 g/mol. The quantitative estimate of drug-likeness (QED) is 0.764. The molecule has 0 saturated carbocycles. The van der Waals surface area contributed by atoms with Crippen LogP contribution in [0.25, 0.3) is 10.9 Å². The highest BCUT2D eigenvalue weighted by Gasteiger charge is 2.26. The van der Waals surface area contributed by atoms with Gasteiger partial charge >= 0.3 is 0 Å². The molecule has 2 N–H and O–H groups in total. The van der Waals surface area contributed by atoms with E-state index in [2.05, 4.69) is 20.3 Å². The summed E-state index contributed by atoms with van der Waals surface area (Å²) in [5, 5.41) is 3.90. The average Bonchev–Trinajstić information content (AvgIpc) is 2.95. The molecule has 0 spiro atoms. The molecule has 1 amide bonds. The van der Waals surface area contributed by atoms with Crippen molar-refractivity contribution in [3.8, 4) is 0 Å². The summed E-state index contributed by atoms with van der Waals surface area (Å²) in [7, 11) is 0. The fourth-order valence-corrected chi connectivity index (χ4v) is 3.23. The Hall–Kier alpha value is -2.76. The van der Waals surface area contributed by atoms with Gasteiger partial charge in [0, 0.05) is 29.0 Å². The molecule has 6 heteroatoms. The molecule has 1 aliphatic rings. The summed E-state index contributed by atoms with van der Waals surface area (Å²) < 4.78 is 13.5. The number of nitrogens with zero attached hydrogens (tertiary/aromatic N) is 2. The lowest BCUT2D eigenvalue weighted by Crippen LogP contribution is -2.31. The largest absolute Gasteiger partial charge is 0.356 e. The first-order valence-corrected chi connectivity index (χ1v) is 7.59. The molecule has 0 fully saturated rings. The molecule has 3 aromatic rings. The van der Waals surface area contributed by atoms with Gasteiger partial charge in [-0.15, -0.1) is 0 Å². The second-order valence-electron chi connectivity index (χ2n) is 5.72. The summed E-state index contributed by atoms with van der Waals surface area (Å²) in [4.78, 5) is 23.6. The maximum Gasteiger partial charge on any atom is 0.272 e. The van der Waals surface area contributed by atoms with E-state index in [0.717, 1.165) is 41.4 Å². The topological polar surface area (TPSA) is 70.7 Å². The Labute approximate surface area is 132 Å². The van der Waals surface area contributed by atoms with Crippen molar-refractivity contribution in [3.63, 3.8) is 0 Å². The standard InChI is InChI=1S/C17H15FN4O/c18-10-4-5-13-12(8-10)11-2-1-3-14(16(11)21-13)22-17(23)15-9-19-6-7-20-15/h4-9,14,21H,1-3H2,(H,22,23). The Bertz CT molecular complexity index is 875. The van der Waals surface area contributed by atoms with Gasteiger partial charge in [0.15, 0.2) is 0 Å². The van der Waals surface area contributed by atoms with Crippen molar-refractivity contribution in [1.29, 1.82) is 0 Å². The van der Waals surface area contributed by atoms with Gasteiger partial charge in [-0.05, 0) is 43.0 Å². The second kappa shape index (κ2) is 5.46. The van der Waals surface area contributed by atoms with Gasteiger partial charge in [0.05, 0.1) is 12.2 Å². The lowest BCUT2D eigenvalue weighted by Gasteiger charge is -2.23. The van der Waals surface area contributed by atoms with E-state index in [0.29, 0.717) is 5.69 Å². The molecule has 1 unspecified atom stereocenters. The number of amides is 1. The Morgan fingerprint density at radius 2 is 2.26 bits per heavy atom. The van der Waals surface area contributed by atoms with Gasteiger partial charge in [-0.1, -0.05) is 0 Å². The van der Waals surface area contributed by atoms with E-state index < -0.39 is 0 Å². The van der Waals surface area contributed by atoms with Crippen molar-refractivity contribution in [1.82, 2.24) is 20.3 Å². The van der Waals surface area contributed by atoms with E-state index >= 15 is 0 Å². The number of nitrogens with one attached hydrogen (secondary N) is 2. The van der Waals surface area contributed by atoms with Crippen molar-refractivity contribution in [3.05, 3.63) is 59.6 Å². The molecular formula is C17H15FN4O. The van der Waals surface area contributed by atoms with E-state index in [-0.39, 0.29) is 17.8 Å². The molecule has 1 aromatic carbocycles. The number of aryl methyl sites for hydroxylation is 1. The number of hydrogen-bond acceptors (Lipinski definition) is 3. The minimum absolute atomic E-state index is 0.122. The van der Waals surface area contributed by atoms with Crippen LogP contribution in [0.4, 0.5) is 4.39 Å². The molecule has 1 atom stereocenters. The third kappa shape index (κ3) is 2.46. The predicted molar refractivity (Wildman–Crippen MR) is 83.4 cm³/mol. The van der Waals surface area contributed by atoms with Gasteiger partial charge in [-0.3, -0.25) is 9.78 Å². The summed E-state index contributed by atoms with van der Waals surface area (Å²) >= 11 is 0. The van der Waals surface area contributed by atoms with E-state index in [4.69, 9.17) is 0 Å². The number of carbonyl (C=O) groups is 1. The minimum atomic E-state index is -0.249. The van der Waals surface area contributed by atoms with Crippen LogP contribution < -0.4 is 5.32 Å². The molecule has 2 aromatic heterocycles. The van der Waals surface area contributed by atoms with Crippen LogP contribution in [0.3, 0.4) is 0 Å². The normalized spacial score (nSPS) is 17.0. The van der Waals surface area contributed by atoms with Crippen LogP contribution >= 0.6 is 0 Å². The highest BCUT2D eigenvalue weighted by atomic mass is 19.1. The number of carbonyl (C=O) groups excluding carboxylic acids is 1. The number of aromatic nitrogens is 3. The molecule has 116 valence electrons. The highest BCUT2D eigenvalue weighted by Crippen LogP contribution is 2.35. The Morgan fingerprint density at radius 3 is 3.09 bits per heavy atom. The van der Waals surface area contributed by atoms with Crippen molar-refractivity contribution >= 4 is 16.8 Å². The lowest BCUT2D eigenvalue weighted by molar-refractivity contribution is 0.0926. The van der Waals surface area contributed by atoms with E-state index in [1.54, 1.807) is 12.1 Å². The zero-order valence-electron chi connectivity index (χ0n) is 12.3. The second-order valence-corrected chi connectivity index (χ2v) is 5.72. The molecule has 1 aliphatic carbocycles. The number of benzene rings is 1. The fourth-order valence-electron chi connectivity index (χ4n) is 3.23. The number of hydrogen-bond donors (Lipinski definition) is 2. The van der Waals surface area contributed by atoms with E-state index in [1.807, 2.05) is 0 Å². The van der Waals surface area contributed by atoms with Crippen LogP contribution in [0.1, 0.15) is 40.6 Å². The molecule has 0 aliphatic heterocycles. The first-order valence-electron chi connectivity index (χ1n) is 7.59. The fraction of sp³-hybridized carbons (Fsp3) is 0.235. The summed E-state index contributed by atoms with van der Waals surface area (Å²) in [5.74, 6) is -0.495. The summed E-state index contributed by atoms with van der Waals surface area (Å²) in [6, 6.07) is 4.61. The van der Waals surface area contributed by atoms with E-state index in [1.165, 1.54) is 24.7 Å². The molecule has 23 heavy (non-hydrogen) atoms. The van der Waals surface area contributed by atoms with Crippen LogP contribution in [0.5, 0.6) is 0 Å². The Morgan fingerprint density at radius 1 is 1.35 bits per heavy atom. The molecule has 0 saturated heterocycles. The smallest absolute Gasteiger partial charge is 0.272 e. The van der Waals surface area contributed by atoms with Gasteiger partial charge in [-0.2, -0.15) is 0 Å². The van der Waals surface area contributed by atoms with Gasteiger partial charge in [0.1, 0.15) is 11.5 Å². The molecule has 0 bridgehead atoms. The number of aromatic amines is 1. The highest BCUT2D eigenvalue weighted by molar-refractivity contribution is 5.92. The molecule has 5 nitrogen and oxygen atoms in total. The summed E-state index contributed by atoms with van der Waals surface area (Å²) in [5.41, 5.74) is 3.25. The molecule has 2 heterocycles. The number of rotatable bonds is 2. The SMILES string of the molecule is O=C(NC1CCCc2c1[nH]c1ccc(F)cc21)c1cnccn1. The van der Waals surface area contributed by atoms with Gasteiger partial charge in [-0.25, -0.2) is 9.37 Å². The van der Waals surface area contributed by atoms with Crippen molar-refractivity contribution < 1.29 is 9.18 Å². The van der Waals surface area contributed by atoms with Crippen molar-refractivity contribution in [2.75, 3.05) is 0 Å². The van der Waals surface area contributed by atoms with Crippen LogP contribution in [0, 0.1) is 5.82 Å². The van der Waals surface area contributed by atoms with Gasteiger partial charge in [0.2, 0.25) is 0 Å². The first kappa shape index (κ1) is 13.9. The van der Waals surface area contributed by atoms with Crippen LogP contribution in [-0.2, 0) is 6.42 Å². The molecule has 4 rings (SSSR count). The Kier molecular flexibility index (Phi) is 3.29. The third-order valence-corrected chi connectivity index (χ3v) is 4.27. The van der Waals surface area contributed by atoms with Crippen molar-refractivity contribution in [2.24, 2.45) is 0 Å². The average molecular weight is 310 g/mol. The lowest BCUT2D eigenvalue weighted by atomic mass is 9.91. The maximum absolute atomic E-state index is 13.5. The van der Waals surface area contributed by atoms with Crippen LogP contribution in [0.2, 0.25) is 0 Å². The van der Waals surface area contributed by atoms with E-state index in [9.17, 15) is 9.18 Å². The van der Waals surface area contributed by atoms with Gasteiger partial charge < -0.3 is 10.3 Å². The maximum atomic E-state index is 13.5. The number of fused-ring (bicyclic) bond motifs is 3. The first-order chi connectivity index (χ1) is 11.2. The third-order valence-electron chi connectivity index (χ3n) is 4.27.